The number of oxazole rings is 1. The molecule has 4 rings (SSSR count). The van der Waals surface area contributed by atoms with Gasteiger partial charge in [0.1, 0.15) is 0 Å². The molecule has 1 aliphatic carbocycles. The summed E-state index contributed by atoms with van der Waals surface area (Å²) >= 11 is 0. The second-order valence-electron chi connectivity index (χ2n) is 7.51. The summed E-state index contributed by atoms with van der Waals surface area (Å²) in [5.74, 6) is 3.90. The molecule has 1 N–H and O–H groups in total. The highest BCUT2D eigenvalue weighted by molar-refractivity contribution is 5.63. The number of rotatable bonds is 11. The van der Waals surface area contributed by atoms with Crippen molar-refractivity contribution in [2.45, 2.75) is 64.2 Å². The van der Waals surface area contributed by atoms with Gasteiger partial charge in [-0.1, -0.05) is 30.6 Å². The Labute approximate surface area is 165 Å². The summed E-state index contributed by atoms with van der Waals surface area (Å²) in [6, 6.07) is 8.31. The van der Waals surface area contributed by atoms with Crippen LogP contribution in [0.15, 0.2) is 39.4 Å². The lowest BCUT2D eigenvalue weighted by Crippen LogP contribution is -2.01. The first-order chi connectivity index (χ1) is 13.8. The van der Waals surface area contributed by atoms with E-state index in [0.29, 0.717) is 5.92 Å². The number of nitrogens with one attached hydrogen (secondary N) is 1. The van der Waals surface area contributed by atoms with E-state index in [1.54, 1.807) is 0 Å². The number of aryl methyl sites for hydroxylation is 2. The average Bonchev–Trinajstić information content (AvgIpc) is 3.27. The number of anilines is 1. The summed E-state index contributed by atoms with van der Waals surface area (Å²) in [6.45, 7) is 3.07. The highest BCUT2D eigenvalue weighted by atomic mass is 16.5. The van der Waals surface area contributed by atoms with Crippen LogP contribution in [0.2, 0.25) is 0 Å². The molecule has 1 fully saturated rings. The predicted molar refractivity (Wildman–Crippen MR) is 108 cm³/mol. The van der Waals surface area contributed by atoms with Gasteiger partial charge < -0.3 is 14.3 Å². The molecule has 0 bridgehead atoms. The van der Waals surface area contributed by atoms with Crippen molar-refractivity contribution in [3.8, 4) is 11.3 Å². The largest absolute Gasteiger partial charge is 0.441 e. The fraction of sp³-hybridized carbons (Fsp3) is 0.500. The summed E-state index contributed by atoms with van der Waals surface area (Å²) in [5.41, 5.74) is 2.17. The van der Waals surface area contributed by atoms with Crippen LogP contribution >= 0.6 is 0 Å². The number of aromatic nitrogens is 3. The van der Waals surface area contributed by atoms with Crippen molar-refractivity contribution in [3.05, 3.63) is 48.1 Å². The molecule has 0 spiro atoms. The summed E-state index contributed by atoms with van der Waals surface area (Å²) < 4.78 is 11.1. The minimum atomic E-state index is 0.563. The Kier molecular flexibility index (Phi) is 6.04. The third-order valence-corrected chi connectivity index (χ3v) is 4.99. The van der Waals surface area contributed by atoms with E-state index in [1.165, 1.54) is 12.8 Å². The lowest BCUT2D eigenvalue weighted by molar-refractivity contribution is 0.369. The van der Waals surface area contributed by atoms with Crippen molar-refractivity contribution in [1.29, 1.82) is 0 Å². The van der Waals surface area contributed by atoms with Crippen molar-refractivity contribution in [2.75, 3.05) is 11.9 Å². The van der Waals surface area contributed by atoms with Gasteiger partial charge in [-0.3, -0.25) is 0 Å². The molecule has 2 heterocycles. The smallest absolute Gasteiger partial charge is 0.226 e. The third-order valence-electron chi connectivity index (χ3n) is 4.99. The maximum atomic E-state index is 5.83. The van der Waals surface area contributed by atoms with Gasteiger partial charge in [0.05, 0.1) is 6.20 Å². The summed E-state index contributed by atoms with van der Waals surface area (Å²) in [5, 5.41) is 7.57. The van der Waals surface area contributed by atoms with Crippen LogP contribution < -0.4 is 5.32 Å². The lowest BCUT2D eigenvalue weighted by atomic mass is 10.1. The van der Waals surface area contributed by atoms with Crippen molar-refractivity contribution in [1.82, 2.24) is 15.1 Å². The van der Waals surface area contributed by atoms with Crippen molar-refractivity contribution in [3.63, 3.8) is 0 Å². The lowest BCUT2D eigenvalue weighted by Gasteiger charge is -2.07. The second kappa shape index (κ2) is 9.04. The molecule has 0 radical (unpaired) electrons. The van der Waals surface area contributed by atoms with Crippen molar-refractivity contribution < 1.29 is 8.94 Å². The van der Waals surface area contributed by atoms with E-state index < -0.39 is 0 Å². The number of hydrogen-bond acceptors (Lipinski definition) is 6. The van der Waals surface area contributed by atoms with E-state index in [2.05, 4.69) is 45.6 Å². The van der Waals surface area contributed by atoms with Gasteiger partial charge in [-0.2, -0.15) is 4.98 Å². The Morgan fingerprint density at radius 3 is 2.89 bits per heavy atom. The minimum Gasteiger partial charge on any atom is -0.441 e. The van der Waals surface area contributed by atoms with Gasteiger partial charge in [-0.15, -0.1) is 0 Å². The molecule has 3 aromatic rings. The zero-order valence-electron chi connectivity index (χ0n) is 16.5. The molecule has 6 nitrogen and oxygen atoms in total. The van der Waals surface area contributed by atoms with Gasteiger partial charge in [0.15, 0.2) is 17.5 Å². The second-order valence-corrected chi connectivity index (χ2v) is 7.51. The standard InChI is InChI=1S/C22H28N4O2/c1-2-7-20-24-15-19(27-20)17-8-6-9-18(14-17)23-13-5-3-4-10-21-25-22(26-28-21)16-11-12-16/h6,8-9,14-16,23H,2-5,7,10-13H2,1H3. The molecule has 2 aromatic heterocycles. The molecule has 148 valence electrons. The molecule has 6 heteroatoms. The van der Waals surface area contributed by atoms with E-state index in [4.69, 9.17) is 8.94 Å². The first-order valence-corrected chi connectivity index (χ1v) is 10.4. The highest BCUT2D eigenvalue weighted by Crippen LogP contribution is 2.38. The molecular formula is C22H28N4O2. The maximum Gasteiger partial charge on any atom is 0.226 e. The fourth-order valence-corrected chi connectivity index (χ4v) is 3.24. The maximum absolute atomic E-state index is 5.83. The molecule has 1 aromatic carbocycles. The normalized spacial score (nSPS) is 13.8. The molecular weight excluding hydrogens is 352 g/mol. The van der Waals surface area contributed by atoms with Crippen molar-refractivity contribution in [2.24, 2.45) is 0 Å². The van der Waals surface area contributed by atoms with E-state index in [9.17, 15) is 0 Å². The molecule has 1 saturated carbocycles. The van der Waals surface area contributed by atoms with Gasteiger partial charge in [-0.25, -0.2) is 4.98 Å². The number of hydrogen-bond donors (Lipinski definition) is 1. The van der Waals surface area contributed by atoms with E-state index in [-0.39, 0.29) is 0 Å². The van der Waals surface area contributed by atoms with Crippen LogP contribution in [-0.4, -0.2) is 21.7 Å². The Bertz CT molecular complexity index is 882. The monoisotopic (exact) mass is 380 g/mol. The summed E-state index contributed by atoms with van der Waals surface area (Å²) in [4.78, 5) is 8.83. The Hall–Kier alpha value is -2.63. The van der Waals surface area contributed by atoms with Crippen LogP contribution in [-0.2, 0) is 12.8 Å². The average molecular weight is 380 g/mol. The summed E-state index contributed by atoms with van der Waals surface area (Å²) in [6.07, 6.45) is 10.3. The van der Waals surface area contributed by atoms with Gasteiger partial charge in [0.2, 0.25) is 5.89 Å². The first-order valence-electron chi connectivity index (χ1n) is 10.4. The zero-order chi connectivity index (χ0) is 19.2. The topological polar surface area (TPSA) is 77.0 Å². The molecule has 28 heavy (non-hydrogen) atoms. The molecule has 0 aliphatic heterocycles. The third kappa shape index (κ3) is 5.00. The predicted octanol–water partition coefficient (Wildman–Crippen LogP) is 5.38. The molecule has 0 unspecified atom stereocenters. The van der Waals surface area contributed by atoms with E-state index in [1.807, 2.05) is 12.3 Å². The van der Waals surface area contributed by atoms with Crippen LogP contribution in [0, 0.1) is 0 Å². The van der Waals surface area contributed by atoms with Crippen LogP contribution in [0.3, 0.4) is 0 Å². The van der Waals surface area contributed by atoms with Gasteiger partial charge in [0, 0.05) is 36.6 Å². The van der Waals surface area contributed by atoms with Crippen LogP contribution in [0.4, 0.5) is 5.69 Å². The number of benzene rings is 1. The Morgan fingerprint density at radius 2 is 2.04 bits per heavy atom. The zero-order valence-corrected chi connectivity index (χ0v) is 16.5. The van der Waals surface area contributed by atoms with Crippen LogP contribution in [0.25, 0.3) is 11.3 Å². The van der Waals surface area contributed by atoms with E-state index in [0.717, 1.165) is 79.7 Å². The SMILES string of the molecule is CCCc1ncc(-c2cccc(NCCCCCc3nc(C4CC4)no3)c2)o1. The van der Waals surface area contributed by atoms with Gasteiger partial charge in [-0.05, 0) is 44.2 Å². The highest BCUT2D eigenvalue weighted by Gasteiger charge is 2.28. The minimum absolute atomic E-state index is 0.563. The Balaban J connectivity index is 1.18. The van der Waals surface area contributed by atoms with Gasteiger partial charge in [0.25, 0.3) is 0 Å². The Morgan fingerprint density at radius 1 is 1.11 bits per heavy atom. The molecule has 0 atom stereocenters. The molecule has 0 saturated heterocycles. The number of unbranched alkanes of at least 4 members (excludes halogenated alkanes) is 2. The quantitative estimate of drug-likeness (QED) is 0.450. The fourth-order valence-electron chi connectivity index (χ4n) is 3.24. The van der Waals surface area contributed by atoms with Crippen LogP contribution in [0.5, 0.6) is 0 Å². The molecule has 0 amide bonds. The van der Waals surface area contributed by atoms with E-state index >= 15 is 0 Å². The number of nitrogens with zero attached hydrogens (tertiary/aromatic N) is 3. The first kappa shape index (κ1) is 18.7. The summed E-state index contributed by atoms with van der Waals surface area (Å²) in [7, 11) is 0. The van der Waals surface area contributed by atoms with Crippen LogP contribution in [0.1, 0.15) is 69.0 Å². The van der Waals surface area contributed by atoms with Crippen molar-refractivity contribution >= 4 is 5.69 Å². The van der Waals surface area contributed by atoms with Gasteiger partial charge >= 0.3 is 0 Å². The molecule has 1 aliphatic rings.